The van der Waals surface area contributed by atoms with Gasteiger partial charge in [0.05, 0.1) is 6.20 Å². The summed E-state index contributed by atoms with van der Waals surface area (Å²) in [6, 6.07) is 6.15. The Balaban J connectivity index is 2.21. The number of nitrogens with zero attached hydrogens (tertiary/aromatic N) is 3. The second-order valence-electron chi connectivity index (χ2n) is 4.35. The highest BCUT2D eigenvalue weighted by Gasteiger charge is 2.14. The molecule has 1 aromatic heterocycles. The molecule has 0 bridgehead atoms. The third-order valence-electron chi connectivity index (χ3n) is 3.00. The molecule has 2 aromatic rings. The number of aromatic nitrogens is 3. The molecule has 1 heterocycles. The van der Waals surface area contributed by atoms with E-state index in [9.17, 15) is 5.11 Å². The molecule has 17 heavy (non-hydrogen) atoms. The van der Waals surface area contributed by atoms with Crippen molar-refractivity contribution in [2.24, 2.45) is 7.05 Å². The van der Waals surface area contributed by atoms with Gasteiger partial charge in [0.15, 0.2) is 0 Å². The number of rotatable bonds is 3. The maximum atomic E-state index is 10.1. The van der Waals surface area contributed by atoms with Crippen LogP contribution >= 0.6 is 0 Å². The number of aryl methyl sites for hydroxylation is 3. The molecule has 0 spiro atoms. The largest absolute Gasteiger partial charge is 0.386 e. The summed E-state index contributed by atoms with van der Waals surface area (Å²) < 4.78 is 0. The normalized spacial score (nSPS) is 12.7. The number of benzene rings is 1. The van der Waals surface area contributed by atoms with Gasteiger partial charge in [-0.05, 0) is 30.5 Å². The van der Waals surface area contributed by atoms with E-state index in [0.29, 0.717) is 12.1 Å². The van der Waals surface area contributed by atoms with Crippen LogP contribution in [0.2, 0.25) is 0 Å². The predicted octanol–water partition coefficient (Wildman–Crippen LogP) is 1.71. The van der Waals surface area contributed by atoms with Gasteiger partial charge in [-0.3, -0.25) is 0 Å². The average molecular weight is 231 g/mol. The molecule has 1 aromatic carbocycles. The molecule has 1 unspecified atom stereocenters. The number of hydrogen-bond donors (Lipinski definition) is 1. The van der Waals surface area contributed by atoms with Crippen LogP contribution in [0, 0.1) is 13.8 Å². The molecule has 2 rings (SSSR count). The summed E-state index contributed by atoms with van der Waals surface area (Å²) in [6.07, 6.45) is 1.60. The second-order valence-corrected chi connectivity index (χ2v) is 4.35. The van der Waals surface area contributed by atoms with Crippen molar-refractivity contribution in [3.8, 4) is 0 Å². The topological polar surface area (TPSA) is 50.9 Å². The average Bonchev–Trinajstić information content (AvgIpc) is 2.70. The third kappa shape index (κ3) is 2.53. The molecule has 0 saturated carbocycles. The van der Waals surface area contributed by atoms with Gasteiger partial charge < -0.3 is 5.11 Å². The van der Waals surface area contributed by atoms with Crippen LogP contribution in [0.1, 0.15) is 28.5 Å². The van der Waals surface area contributed by atoms with Crippen molar-refractivity contribution >= 4 is 0 Å². The van der Waals surface area contributed by atoms with Crippen molar-refractivity contribution < 1.29 is 5.11 Å². The first kappa shape index (κ1) is 11.8. The first-order chi connectivity index (χ1) is 8.08. The number of aliphatic hydroxyl groups is 1. The minimum atomic E-state index is -0.594. The Labute approximate surface area is 101 Å². The fourth-order valence-electron chi connectivity index (χ4n) is 1.98. The molecule has 4 nitrogen and oxygen atoms in total. The summed E-state index contributed by atoms with van der Waals surface area (Å²) in [7, 11) is 1.75. The SMILES string of the molecule is Cc1cccc(C)c1CC(O)c1cnn(C)n1. The molecule has 0 amide bonds. The van der Waals surface area contributed by atoms with Crippen LogP contribution in [-0.4, -0.2) is 20.1 Å². The van der Waals surface area contributed by atoms with E-state index in [2.05, 4.69) is 36.2 Å². The smallest absolute Gasteiger partial charge is 0.112 e. The Kier molecular flexibility index (Phi) is 3.24. The van der Waals surface area contributed by atoms with Crippen LogP contribution in [0.25, 0.3) is 0 Å². The van der Waals surface area contributed by atoms with E-state index in [4.69, 9.17) is 0 Å². The maximum Gasteiger partial charge on any atom is 0.112 e. The lowest BCUT2D eigenvalue weighted by Crippen LogP contribution is -2.06. The molecular formula is C13H17N3O. The van der Waals surface area contributed by atoms with Gasteiger partial charge in [0.25, 0.3) is 0 Å². The molecule has 0 radical (unpaired) electrons. The lowest BCUT2D eigenvalue weighted by molar-refractivity contribution is 0.172. The highest BCUT2D eigenvalue weighted by atomic mass is 16.3. The van der Waals surface area contributed by atoms with Crippen molar-refractivity contribution in [1.29, 1.82) is 0 Å². The molecule has 1 atom stereocenters. The standard InChI is InChI=1S/C13H17N3O/c1-9-5-4-6-10(2)11(9)7-13(17)12-8-14-16(3)15-12/h4-6,8,13,17H,7H2,1-3H3. The second kappa shape index (κ2) is 4.67. The van der Waals surface area contributed by atoms with Gasteiger partial charge in [-0.2, -0.15) is 15.0 Å². The minimum Gasteiger partial charge on any atom is -0.386 e. The highest BCUT2D eigenvalue weighted by molar-refractivity contribution is 5.34. The van der Waals surface area contributed by atoms with Gasteiger partial charge >= 0.3 is 0 Å². The Morgan fingerprint density at radius 3 is 2.47 bits per heavy atom. The first-order valence-electron chi connectivity index (χ1n) is 5.67. The van der Waals surface area contributed by atoms with Crippen molar-refractivity contribution in [3.05, 3.63) is 46.8 Å². The minimum absolute atomic E-state index is 0.581. The molecule has 0 aliphatic heterocycles. The molecular weight excluding hydrogens is 214 g/mol. The van der Waals surface area contributed by atoms with Crippen LogP contribution in [0.4, 0.5) is 0 Å². The van der Waals surface area contributed by atoms with Crippen LogP contribution in [0.15, 0.2) is 24.4 Å². The van der Waals surface area contributed by atoms with E-state index in [1.54, 1.807) is 13.2 Å². The molecule has 0 fully saturated rings. The Bertz CT molecular complexity index is 499. The van der Waals surface area contributed by atoms with Crippen LogP contribution in [0.5, 0.6) is 0 Å². The predicted molar refractivity (Wildman–Crippen MR) is 65.6 cm³/mol. The van der Waals surface area contributed by atoms with E-state index in [0.717, 1.165) is 0 Å². The molecule has 0 aliphatic rings. The van der Waals surface area contributed by atoms with E-state index >= 15 is 0 Å². The lowest BCUT2D eigenvalue weighted by atomic mass is 9.97. The van der Waals surface area contributed by atoms with E-state index in [1.807, 2.05) is 6.07 Å². The van der Waals surface area contributed by atoms with E-state index in [-0.39, 0.29) is 0 Å². The molecule has 1 N–H and O–H groups in total. The summed E-state index contributed by atoms with van der Waals surface area (Å²) in [5, 5.41) is 18.2. The summed E-state index contributed by atoms with van der Waals surface area (Å²) in [5.41, 5.74) is 4.21. The molecule has 90 valence electrons. The fourth-order valence-corrected chi connectivity index (χ4v) is 1.98. The van der Waals surface area contributed by atoms with Gasteiger partial charge in [0, 0.05) is 13.5 Å². The summed E-state index contributed by atoms with van der Waals surface area (Å²) in [4.78, 5) is 1.46. The first-order valence-corrected chi connectivity index (χ1v) is 5.67. The maximum absolute atomic E-state index is 10.1. The molecule has 0 saturated heterocycles. The van der Waals surface area contributed by atoms with Gasteiger partial charge in [-0.25, -0.2) is 0 Å². The zero-order chi connectivity index (χ0) is 12.4. The van der Waals surface area contributed by atoms with Crippen LogP contribution in [-0.2, 0) is 13.5 Å². The van der Waals surface area contributed by atoms with Crippen molar-refractivity contribution in [2.75, 3.05) is 0 Å². The summed E-state index contributed by atoms with van der Waals surface area (Å²) in [5.74, 6) is 0. The van der Waals surface area contributed by atoms with E-state index < -0.39 is 6.10 Å². The fraction of sp³-hybridized carbons (Fsp3) is 0.385. The van der Waals surface area contributed by atoms with Gasteiger partial charge in [-0.15, -0.1) is 0 Å². The van der Waals surface area contributed by atoms with Crippen LogP contribution < -0.4 is 0 Å². The summed E-state index contributed by atoms with van der Waals surface area (Å²) in [6.45, 7) is 4.12. The quantitative estimate of drug-likeness (QED) is 0.874. The zero-order valence-corrected chi connectivity index (χ0v) is 10.4. The molecule has 0 aliphatic carbocycles. The Morgan fingerprint density at radius 1 is 1.29 bits per heavy atom. The Morgan fingerprint density at radius 2 is 1.94 bits per heavy atom. The molecule has 4 heteroatoms. The van der Waals surface area contributed by atoms with Gasteiger partial charge in [-0.1, -0.05) is 18.2 Å². The summed E-state index contributed by atoms with van der Waals surface area (Å²) >= 11 is 0. The number of aliphatic hydroxyl groups excluding tert-OH is 1. The monoisotopic (exact) mass is 231 g/mol. The van der Waals surface area contributed by atoms with Crippen LogP contribution in [0.3, 0.4) is 0 Å². The Hall–Kier alpha value is -1.68. The highest BCUT2D eigenvalue weighted by Crippen LogP contribution is 2.21. The lowest BCUT2D eigenvalue weighted by Gasteiger charge is -2.12. The van der Waals surface area contributed by atoms with Gasteiger partial charge in [0.2, 0.25) is 0 Å². The van der Waals surface area contributed by atoms with Gasteiger partial charge in [0.1, 0.15) is 11.8 Å². The van der Waals surface area contributed by atoms with Crippen molar-refractivity contribution in [1.82, 2.24) is 15.0 Å². The van der Waals surface area contributed by atoms with Crippen molar-refractivity contribution in [3.63, 3.8) is 0 Å². The van der Waals surface area contributed by atoms with Crippen molar-refractivity contribution in [2.45, 2.75) is 26.4 Å². The van der Waals surface area contributed by atoms with E-state index in [1.165, 1.54) is 21.5 Å². The third-order valence-corrected chi connectivity index (χ3v) is 3.00. The number of hydrogen-bond acceptors (Lipinski definition) is 3. The zero-order valence-electron chi connectivity index (χ0n) is 10.4.